The lowest BCUT2D eigenvalue weighted by atomic mass is 10.1. The van der Waals surface area contributed by atoms with Gasteiger partial charge in [0.2, 0.25) is 5.91 Å². The van der Waals surface area contributed by atoms with Gasteiger partial charge in [-0.3, -0.25) is 4.79 Å². The molecular formula is C20H24N2O2. The Hall–Kier alpha value is -2.33. The first-order valence-electron chi connectivity index (χ1n) is 8.51. The van der Waals surface area contributed by atoms with Gasteiger partial charge in [0.05, 0.1) is 0 Å². The van der Waals surface area contributed by atoms with Crippen molar-refractivity contribution in [2.24, 2.45) is 0 Å². The van der Waals surface area contributed by atoms with Crippen molar-refractivity contribution in [3.8, 4) is 5.75 Å². The highest BCUT2D eigenvalue weighted by atomic mass is 16.5. The highest BCUT2D eigenvalue weighted by molar-refractivity contribution is 5.91. The third kappa shape index (κ3) is 4.59. The summed E-state index contributed by atoms with van der Waals surface area (Å²) in [5, 5.41) is 6.30. The molecule has 1 heterocycles. The van der Waals surface area contributed by atoms with Crippen molar-refractivity contribution in [2.75, 3.05) is 11.9 Å². The second-order valence-corrected chi connectivity index (χ2v) is 6.29. The van der Waals surface area contributed by atoms with Crippen LogP contribution in [0, 0.1) is 6.92 Å². The van der Waals surface area contributed by atoms with E-state index < -0.39 is 0 Å². The molecule has 4 nitrogen and oxygen atoms in total. The first kappa shape index (κ1) is 16.5. The van der Waals surface area contributed by atoms with Crippen LogP contribution in [0.3, 0.4) is 0 Å². The van der Waals surface area contributed by atoms with Crippen molar-refractivity contribution in [3.63, 3.8) is 0 Å². The Labute approximate surface area is 143 Å². The van der Waals surface area contributed by atoms with E-state index in [0.29, 0.717) is 19.1 Å². The molecule has 4 heteroatoms. The van der Waals surface area contributed by atoms with Crippen molar-refractivity contribution in [1.82, 2.24) is 5.32 Å². The first-order valence-corrected chi connectivity index (χ1v) is 8.51. The number of nitrogens with one attached hydrogen (secondary N) is 2. The SMILES string of the molecule is Cc1ccccc1COc1cccc(NC(=O)CC2CCCN2)c1. The number of ether oxygens (including phenoxy) is 1. The van der Waals surface area contributed by atoms with Crippen molar-refractivity contribution < 1.29 is 9.53 Å². The van der Waals surface area contributed by atoms with Crippen LogP contribution in [-0.2, 0) is 11.4 Å². The molecule has 1 unspecified atom stereocenters. The summed E-state index contributed by atoms with van der Waals surface area (Å²) in [6.07, 6.45) is 2.75. The van der Waals surface area contributed by atoms with E-state index in [9.17, 15) is 4.79 Å². The standard InChI is InChI=1S/C20H24N2O2/c1-15-6-2-3-7-16(15)14-24-19-10-4-8-18(12-19)22-20(23)13-17-9-5-11-21-17/h2-4,6-8,10,12,17,21H,5,9,11,13-14H2,1H3,(H,22,23). The second-order valence-electron chi connectivity index (χ2n) is 6.29. The Morgan fingerprint density at radius 1 is 1.25 bits per heavy atom. The second kappa shape index (κ2) is 7.97. The number of amides is 1. The van der Waals surface area contributed by atoms with E-state index in [0.717, 1.165) is 30.8 Å². The predicted octanol–water partition coefficient (Wildman–Crippen LogP) is 3.65. The number of benzene rings is 2. The number of hydrogen-bond acceptors (Lipinski definition) is 3. The predicted molar refractivity (Wildman–Crippen MR) is 96.2 cm³/mol. The Kier molecular flexibility index (Phi) is 5.49. The maximum absolute atomic E-state index is 12.1. The fourth-order valence-corrected chi connectivity index (χ4v) is 2.96. The molecule has 1 atom stereocenters. The van der Waals surface area contributed by atoms with E-state index in [2.05, 4.69) is 29.7 Å². The van der Waals surface area contributed by atoms with Gasteiger partial charge in [0, 0.05) is 24.2 Å². The number of carbonyl (C=O) groups excluding carboxylic acids is 1. The van der Waals surface area contributed by atoms with Crippen molar-refractivity contribution in [1.29, 1.82) is 0 Å². The summed E-state index contributed by atoms with van der Waals surface area (Å²) < 4.78 is 5.86. The van der Waals surface area contributed by atoms with Crippen molar-refractivity contribution in [2.45, 2.75) is 38.8 Å². The Morgan fingerprint density at radius 3 is 2.92 bits per heavy atom. The van der Waals surface area contributed by atoms with Crippen LogP contribution >= 0.6 is 0 Å². The molecule has 1 fully saturated rings. The zero-order chi connectivity index (χ0) is 16.8. The van der Waals surface area contributed by atoms with Crippen LogP contribution in [0.25, 0.3) is 0 Å². The van der Waals surface area contributed by atoms with Gasteiger partial charge in [-0.15, -0.1) is 0 Å². The summed E-state index contributed by atoms with van der Waals surface area (Å²) >= 11 is 0. The Balaban J connectivity index is 1.55. The molecule has 24 heavy (non-hydrogen) atoms. The normalized spacial score (nSPS) is 16.8. The molecule has 1 amide bonds. The summed E-state index contributed by atoms with van der Waals surface area (Å²) in [6.45, 7) is 3.61. The van der Waals surface area contributed by atoms with Crippen LogP contribution < -0.4 is 15.4 Å². The lowest BCUT2D eigenvalue weighted by molar-refractivity contribution is -0.116. The smallest absolute Gasteiger partial charge is 0.225 e. The van der Waals surface area contributed by atoms with Gasteiger partial charge in [0.25, 0.3) is 0 Å². The van der Waals surface area contributed by atoms with Gasteiger partial charge in [0.1, 0.15) is 12.4 Å². The van der Waals surface area contributed by atoms with Gasteiger partial charge in [0.15, 0.2) is 0 Å². The summed E-state index contributed by atoms with van der Waals surface area (Å²) in [4.78, 5) is 12.1. The van der Waals surface area contributed by atoms with Gasteiger partial charge >= 0.3 is 0 Å². The zero-order valence-corrected chi connectivity index (χ0v) is 14.0. The minimum absolute atomic E-state index is 0.0467. The minimum Gasteiger partial charge on any atom is -0.489 e. The largest absolute Gasteiger partial charge is 0.489 e. The lowest BCUT2D eigenvalue weighted by Crippen LogP contribution is -2.27. The van der Waals surface area contributed by atoms with E-state index in [1.54, 1.807) is 0 Å². The maximum Gasteiger partial charge on any atom is 0.225 e. The zero-order valence-electron chi connectivity index (χ0n) is 14.0. The lowest BCUT2D eigenvalue weighted by Gasteiger charge is -2.12. The molecule has 126 valence electrons. The van der Waals surface area contributed by atoms with Gasteiger partial charge in [-0.1, -0.05) is 30.3 Å². The number of carbonyl (C=O) groups is 1. The van der Waals surface area contributed by atoms with Gasteiger partial charge < -0.3 is 15.4 Å². The summed E-state index contributed by atoms with van der Waals surface area (Å²) in [7, 11) is 0. The van der Waals surface area contributed by atoms with E-state index in [4.69, 9.17) is 4.74 Å². The van der Waals surface area contributed by atoms with Crippen molar-refractivity contribution >= 4 is 11.6 Å². The quantitative estimate of drug-likeness (QED) is 0.853. The van der Waals surface area contributed by atoms with Crippen LogP contribution in [0.5, 0.6) is 5.75 Å². The van der Waals surface area contributed by atoms with Crippen LogP contribution in [0.2, 0.25) is 0 Å². The molecule has 3 rings (SSSR count). The Morgan fingerprint density at radius 2 is 2.12 bits per heavy atom. The fourth-order valence-electron chi connectivity index (χ4n) is 2.96. The molecule has 1 aliphatic rings. The molecule has 0 spiro atoms. The molecule has 1 saturated heterocycles. The molecule has 0 bridgehead atoms. The number of hydrogen-bond donors (Lipinski definition) is 2. The van der Waals surface area contributed by atoms with Crippen LogP contribution in [0.15, 0.2) is 48.5 Å². The molecular weight excluding hydrogens is 300 g/mol. The van der Waals surface area contributed by atoms with E-state index in [-0.39, 0.29) is 5.91 Å². The fraction of sp³-hybridized carbons (Fsp3) is 0.350. The maximum atomic E-state index is 12.1. The average molecular weight is 324 g/mol. The number of rotatable bonds is 6. The van der Waals surface area contributed by atoms with Gasteiger partial charge in [-0.2, -0.15) is 0 Å². The third-order valence-corrected chi connectivity index (χ3v) is 4.37. The van der Waals surface area contributed by atoms with Crippen molar-refractivity contribution in [3.05, 3.63) is 59.7 Å². The van der Waals surface area contributed by atoms with Crippen LogP contribution in [0.4, 0.5) is 5.69 Å². The number of anilines is 1. The monoisotopic (exact) mass is 324 g/mol. The van der Waals surface area contributed by atoms with E-state index >= 15 is 0 Å². The molecule has 2 aromatic carbocycles. The van der Waals surface area contributed by atoms with E-state index in [1.807, 2.05) is 36.4 Å². The molecule has 1 aliphatic heterocycles. The highest BCUT2D eigenvalue weighted by Crippen LogP contribution is 2.20. The highest BCUT2D eigenvalue weighted by Gasteiger charge is 2.17. The van der Waals surface area contributed by atoms with Gasteiger partial charge in [-0.25, -0.2) is 0 Å². The number of aryl methyl sites for hydroxylation is 1. The minimum atomic E-state index is 0.0467. The first-order chi connectivity index (χ1) is 11.7. The third-order valence-electron chi connectivity index (χ3n) is 4.37. The van der Waals surface area contributed by atoms with Crippen LogP contribution in [0.1, 0.15) is 30.4 Å². The Bertz CT molecular complexity index is 694. The molecule has 0 saturated carbocycles. The molecule has 0 aliphatic carbocycles. The van der Waals surface area contributed by atoms with Crippen LogP contribution in [-0.4, -0.2) is 18.5 Å². The molecule has 0 radical (unpaired) electrons. The molecule has 2 aromatic rings. The topological polar surface area (TPSA) is 50.4 Å². The average Bonchev–Trinajstić information content (AvgIpc) is 3.07. The molecule has 0 aromatic heterocycles. The summed E-state index contributed by atoms with van der Waals surface area (Å²) in [6, 6.07) is 16.1. The summed E-state index contributed by atoms with van der Waals surface area (Å²) in [5.41, 5.74) is 3.16. The van der Waals surface area contributed by atoms with E-state index in [1.165, 1.54) is 11.1 Å². The summed E-state index contributed by atoms with van der Waals surface area (Å²) in [5.74, 6) is 0.806. The molecule has 2 N–H and O–H groups in total. The van der Waals surface area contributed by atoms with Gasteiger partial charge in [-0.05, 0) is 49.6 Å².